The first-order valence-electron chi connectivity index (χ1n) is 10.6. The summed E-state index contributed by atoms with van der Waals surface area (Å²) in [5, 5.41) is 9.77. The zero-order chi connectivity index (χ0) is 22.1. The van der Waals surface area contributed by atoms with Gasteiger partial charge in [-0.25, -0.2) is 4.98 Å². The van der Waals surface area contributed by atoms with Gasteiger partial charge in [-0.05, 0) is 43.2 Å². The molecule has 9 heteroatoms. The molecule has 4 heterocycles. The van der Waals surface area contributed by atoms with Crippen LogP contribution in [0.3, 0.4) is 0 Å². The molecule has 0 bridgehead atoms. The third-order valence-electron chi connectivity index (χ3n) is 5.38. The van der Waals surface area contributed by atoms with Crippen LogP contribution in [0.5, 0.6) is 0 Å². The third-order valence-corrected chi connectivity index (χ3v) is 6.34. The maximum atomic E-state index is 12.6. The largest absolute Gasteiger partial charge is 0.378 e. The number of benzene rings is 1. The SMILES string of the molecule is Cc1cccc(-n2c(SCc3cc(=O)n4cc(C)ccc4n3)nnc2N2CCOCC2)c1. The van der Waals surface area contributed by atoms with Crippen LogP contribution in [0.15, 0.2) is 58.6 Å². The van der Waals surface area contributed by atoms with E-state index >= 15 is 0 Å². The summed E-state index contributed by atoms with van der Waals surface area (Å²) in [5.41, 5.74) is 4.48. The molecule has 4 aromatic rings. The maximum Gasteiger partial charge on any atom is 0.258 e. The summed E-state index contributed by atoms with van der Waals surface area (Å²) in [7, 11) is 0. The van der Waals surface area contributed by atoms with E-state index < -0.39 is 0 Å². The van der Waals surface area contributed by atoms with E-state index in [1.165, 1.54) is 17.3 Å². The Kier molecular flexibility index (Phi) is 5.67. The number of aromatic nitrogens is 5. The van der Waals surface area contributed by atoms with Crippen LogP contribution >= 0.6 is 11.8 Å². The number of rotatable bonds is 5. The van der Waals surface area contributed by atoms with Crippen LogP contribution in [0.25, 0.3) is 11.3 Å². The van der Waals surface area contributed by atoms with Crippen LogP contribution in [0.2, 0.25) is 0 Å². The van der Waals surface area contributed by atoms with Crippen molar-refractivity contribution in [3.63, 3.8) is 0 Å². The van der Waals surface area contributed by atoms with Gasteiger partial charge in [0, 0.05) is 31.1 Å². The molecular weight excluding hydrogens is 424 g/mol. The predicted molar refractivity (Wildman–Crippen MR) is 125 cm³/mol. The number of ether oxygens (including phenoxy) is 1. The van der Waals surface area contributed by atoms with Crippen molar-refractivity contribution in [3.05, 3.63) is 75.8 Å². The monoisotopic (exact) mass is 448 g/mol. The highest BCUT2D eigenvalue weighted by molar-refractivity contribution is 7.98. The Morgan fingerprint density at radius 3 is 2.69 bits per heavy atom. The van der Waals surface area contributed by atoms with Crippen molar-refractivity contribution in [3.8, 4) is 5.69 Å². The number of aryl methyl sites for hydroxylation is 2. The van der Waals surface area contributed by atoms with Crippen LogP contribution in [0.4, 0.5) is 5.95 Å². The van der Waals surface area contributed by atoms with E-state index in [1.54, 1.807) is 10.5 Å². The Balaban J connectivity index is 1.48. The predicted octanol–water partition coefficient (Wildman–Crippen LogP) is 3.02. The number of anilines is 1. The zero-order valence-electron chi connectivity index (χ0n) is 18.1. The van der Waals surface area contributed by atoms with Gasteiger partial charge in [0.2, 0.25) is 5.95 Å². The molecule has 0 saturated carbocycles. The first-order valence-corrected chi connectivity index (χ1v) is 11.5. The standard InChI is InChI=1S/C23H24N6O2S/c1-16-4-3-5-19(12-16)29-22(27-8-10-31-11-9-27)25-26-23(29)32-15-18-13-21(30)28-14-17(2)6-7-20(28)24-18/h3-7,12-14H,8-11,15H2,1-2H3. The molecule has 8 nitrogen and oxygen atoms in total. The van der Waals surface area contributed by atoms with Gasteiger partial charge >= 0.3 is 0 Å². The van der Waals surface area contributed by atoms with Crippen LogP contribution < -0.4 is 10.5 Å². The van der Waals surface area contributed by atoms with E-state index in [2.05, 4.69) is 49.8 Å². The fourth-order valence-electron chi connectivity index (χ4n) is 3.79. The van der Waals surface area contributed by atoms with Crippen molar-refractivity contribution in [2.45, 2.75) is 24.8 Å². The van der Waals surface area contributed by atoms with Crippen molar-refractivity contribution in [2.75, 3.05) is 31.2 Å². The highest BCUT2D eigenvalue weighted by atomic mass is 32.2. The van der Waals surface area contributed by atoms with Crippen molar-refractivity contribution in [1.82, 2.24) is 24.1 Å². The molecule has 0 amide bonds. The summed E-state index contributed by atoms with van der Waals surface area (Å²) in [4.78, 5) is 19.4. The van der Waals surface area contributed by atoms with E-state index in [9.17, 15) is 4.79 Å². The Bertz CT molecular complexity index is 1330. The van der Waals surface area contributed by atoms with E-state index in [0.717, 1.165) is 41.1 Å². The lowest BCUT2D eigenvalue weighted by molar-refractivity contribution is 0.122. The molecule has 1 aromatic carbocycles. The Morgan fingerprint density at radius 1 is 1.03 bits per heavy atom. The lowest BCUT2D eigenvalue weighted by atomic mass is 10.2. The van der Waals surface area contributed by atoms with Crippen molar-refractivity contribution in [1.29, 1.82) is 0 Å². The van der Waals surface area contributed by atoms with E-state index in [4.69, 9.17) is 4.74 Å². The summed E-state index contributed by atoms with van der Waals surface area (Å²) in [6, 6.07) is 13.7. The van der Waals surface area contributed by atoms with Gasteiger partial charge in [-0.3, -0.25) is 13.8 Å². The number of nitrogens with zero attached hydrogens (tertiary/aromatic N) is 6. The van der Waals surface area contributed by atoms with Gasteiger partial charge in [0.1, 0.15) is 5.65 Å². The summed E-state index contributed by atoms with van der Waals surface area (Å²) < 4.78 is 9.17. The summed E-state index contributed by atoms with van der Waals surface area (Å²) >= 11 is 1.53. The van der Waals surface area contributed by atoms with Crippen LogP contribution in [-0.4, -0.2) is 50.5 Å². The van der Waals surface area contributed by atoms with Gasteiger partial charge in [0.15, 0.2) is 5.16 Å². The van der Waals surface area contributed by atoms with Crippen molar-refractivity contribution in [2.24, 2.45) is 0 Å². The quantitative estimate of drug-likeness (QED) is 0.434. The normalized spacial score (nSPS) is 14.2. The molecule has 0 atom stereocenters. The summed E-state index contributed by atoms with van der Waals surface area (Å²) in [6.45, 7) is 6.93. The number of fused-ring (bicyclic) bond motifs is 1. The summed E-state index contributed by atoms with van der Waals surface area (Å²) in [5.74, 6) is 1.33. The topological polar surface area (TPSA) is 77.5 Å². The molecule has 164 valence electrons. The molecule has 1 aliphatic rings. The second-order valence-corrected chi connectivity index (χ2v) is 8.81. The van der Waals surface area contributed by atoms with Gasteiger partial charge in [-0.1, -0.05) is 30.0 Å². The van der Waals surface area contributed by atoms with E-state index in [0.29, 0.717) is 24.6 Å². The molecule has 0 aliphatic carbocycles. The highest BCUT2D eigenvalue weighted by Gasteiger charge is 2.22. The van der Waals surface area contributed by atoms with Crippen molar-refractivity contribution < 1.29 is 4.74 Å². The molecule has 1 fully saturated rings. The van der Waals surface area contributed by atoms with Crippen LogP contribution in [0.1, 0.15) is 16.8 Å². The molecule has 1 saturated heterocycles. The first-order chi connectivity index (χ1) is 15.6. The molecule has 0 radical (unpaired) electrons. The Morgan fingerprint density at radius 2 is 1.88 bits per heavy atom. The molecule has 5 rings (SSSR count). The average molecular weight is 449 g/mol. The van der Waals surface area contributed by atoms with Crippen LogP contribution in [-0.2, 0) is 10.5 Å². The zero-order valence-corrected chi connectivity index (χ0v) is 18.9. The molecule has 0 unspecified atom stereocenters. The lowest BCUT2D eigenvalue weighted by Crippen LogP contribution is -2.37. The second kappa shape index (κ2) is 8.76. The second-order valence-electron chi connectivity index (χ2n) is 7.87. The van der Waals surface area contributed by atoms with Gasteiger partial charge in [0.05, 0.1) is 24.6 Å². The third kappa shape index (κ3) is 4.13. The lowest BCUT2D eigenvalue weighted by Gasteiger charge is -2.28. The molecule has 0 spiro atoms. The minimum atomic E-state index is -0.0801. The number of hydrogen-bond donors (Lipinski definition) is 0. The van der Waals surface area contributed by atoms with Gasteiger partial charge in [-0.15, -0.1) is 10.2 Å². The van der Waals surface area contributed by atoms with Gasteiger partial charge < -0.3 is 9.64 Å². The number of hydrogen-bond acceptors (Lipinski definition) is 7. The molecule has 3 aromatic heterocycles. The smallest absolute Gasteiger partial charge is 0.258 e. The number of thioether (sulfide) groups is 1. The maximum absolute atomic E-state index is 12.6. The highest BCUT2D eigenvalue weighted by Crippen LogP contribution is 2.29. The van der Waals surface area contributed by atoms with Crippen molar-refractivity contribution >= 4 is 23.4 Å². The molecule has 1 aliphatic heterocycles. The van der Waals surface area contributed by atoms with Gasteiger partial charge in [-0.2, -0.15) is 0 Å². The Hall–Kier alpha value is -3.17. The average Bonchev–Trinajstić information content (AvgIpc) is 3.23. The fourth-order valence-corrected chi connectivity index (χ4v) is 4.63. The minimum Gasteiger partial charge on any atom is -0.378 e. The van der Waals surface area contributed by atoms with Crippen LogP contribution in [0, 0.1) is 13.8 Å². The van der Waals surface area contributed by atoms with E-state index in [1.807, 2.05) is 31.3 Å². The first kappa shape index (κ1) is 20.7. The van der Waals surface area contributed by atoms with E-state index in [-0.39, 0.29) is 5.56 Å². The molecule has 0 N–H and O–H groups in total. The molecule has 32 heavy (non-hydrogen) atoms. The minimum absolute atomic E-state index is 0.0801. The fraction of sp³-hybridized carbons (Fsp3) is 0.304. The molecular formula is C23H24N6O2S. The van der Waals surface area contributed by atoms with Gasteiger partial charge in [0.25, 0.3) is 5.56 Å². The Labute approximate surface area is 189 Å². The number of pyridine rings is 1. The number of morpholine rings is 1. The summed E-state index contributed by atoms with van der Waals surface area (Å²) in [6.07, 6.45) is 1.81.